The van der Waals surface area contributed by atoms with E-state index in [-0.39, 0.29) is 23.7 Å². The van der Waals surface area contributed by atoms with Crippen LogP contribution < -0.4 is 0 Å². The van der Waals surface area contributed by atoms with Crippen molar-refractivity contribution in [2.24, 2.45) is 11.8 Å². The quantitative estimate of drug-likeness (QED) is 0.481. The third-order valence-corrected chi connectivity index (χ3v) is 2.21. The van der Waals surface area contributed by atoms with Crippen LogP contribution in [0.4, 0.5) is 0 Å². The highest BCUT2D eigenvalue weighted by Gasteiger charge is 2.33. The maximum atomic E-state index is 11.2. The topological polar surface area (TPSA) is 37.4 Å². The Morgan fingerprint density at radius 2 is 1.55 bits per heavy atom. The van der Waals surface area contributed by atoms with Crippen LogP contribution in [0.3, 0.4) is 0 Å². The van der Waals surface area contributed by atoms with Gasteiger partial charge in [-0.15, -0.1) is 0 Å². The average Bonchev–Trinajstić information content (AvgIpc) is 1.97. The van der Waals surface area contributed by atoms with Gasteiger partial charge < -0.3 is 0 Å². The Balaban J connectivity index is 2.79. The molecule has 62 valence electrons. The molecule has 0 N–H and O–H groups in total. The Kier molecular flexibility index (Phi) is 1.98. The van der Waals surface area contributed by atoms with E-state index in [4.69, 9.17) is 0 Å². The zero-order valence-electron chi connectivity index (χ0n) is 7.13. The molecule has 0 saturated carbocycles. The number of hydrogen-bond donors (Lipinski definition) is 0. The van der Waals surface area contributed by atoms with Crippen LogP contribution in [0.2, 0.25) is 0 Å². The van der Waals surface area contributed by atoms with Crippen LogP contribution in [-0.2, 0) is 9.59 Å². The molecule has 0 aromatic carbocycles. The number of amides is 2. The number of rotatable bonds is 0. The summed E-state index contributed by atoms with van der Waals surface area (Å²) in [6, 6.07) is 0. The van der Waals surface area contributed by atoms with Gasteiger partial charge in [0, 0.05) is 18.9 Å². The Morgan fingerprint density at radius 3 is 1.91 bits per heavy atom. The van der Waals surface area contributed by atoms with Gasteiger partial charge in [-0.1, -0.05) is 13.8 Å². The zero-order valence-corrected chi connectivity index (χ0v) is 7.13. The van der Waals surface area contributed by atoms with Crippen molar-refractivity contribution in [1.82, 2.24) is 4.90 Å². The minimum atomic E-state index is -0.0481. The standard InChI is InChI=1S/C8H13NO2/c1-5-4-6(2)8(11)9(3)7(5)10/h5-6H,4H2,1-3H3. The summed E-state index contributed by atoms with van der Waals surface area (Å²) in [5, 5.41) is 0. The fraction of sp³-hybridized carbons (Fsp3) is 0.750. The lowest BCUT2D eigenvalue weighted by Crippen LogP contribution is -2.45. The van der Waals surface area contributed by atoms with Crippen LogP contribution >= 0.6 is 0 Å². The molecule has 3 nitrogen and oxygen atoms in total. The van der Waals surface area contributed by atoms with Crippen molar-refractivity contribution in [2.75, 3.05) is 7.05 Å². The maximum Gasteiger partial charge on any atom is 0.231 e. The monoisotopic (exact) mass is 155 g/mol. The number of carbonyl (C=O) groups is 2. The van der Waals surface area contributed by atoms with Gasteiger partial charge in [0.1, 0.15) is 0 Å². The zero-order chi connectivity index (χ0) is 8.59. The molecule has 11 heavy (non-hydrogen) atoms. The number of likely N-dealkylation sites (tertiary alicyclic amines) is 1. The van der Waals surface area contributed by atoms with Gasteiger partial charge in [0.05, 0.1) is 0 Å². The average molecular weight is 155 g/mol. The number of hydrogen-bond acceptors (Lipinski definition) is 2. The van der Waals surface area contributed by atoms with Crippen molar-refractivity contribution in [3.63, 3.8) is 0 Å². The van der Waals surface area contributed by atoms with Gasteiger partial charge >= 0.3 is 0 Å². The lowest BCUT2D eigenvalue weighted by atomic mass is 9.91. The summed E-state index contributed by atoms with van der Waals surface area (Å²) < 4.78 is 0. The summed E-state index contributed by atoms with van der Waals surface area (Å²) in [6.07, 6.45) is 0.696. The van der Waals surface area contributed by atoms with Crippen LogP contribution in [0, 0.1) is 11.8 Å². The normalized spacial score (nSPS) is 32.8. The Hall–Kier alpha value is -0.860. The lowest BCUT2D eigenvalue weighted by molar-refractivity contribution is -0.152. The molecule has 1 heterocycles. The van der Waals surface area contributed by atoms with Crippen LogP contribution in [0.5, 0.6) is 0 Å². The second-order valence-corrected chi connectivity index (χ2v) is 3.27. The summed E-state index contributed by atoms with van der Waals surface area (Å²) in [7, 11) is 1.55. The Bertz CT molecular complexity index is 180. The van der Waals surface area contributed by atoms with Crippen molar-refractivity contribution < 1.29 is 9.59 Å². The summed E-state index contributed by atoms with van der Waals surface area (Å²) in [6.45, 7) is 3.73. The largest absolute Gasteiger partial charge is 0.285 e. The SMILES string of the molecule is CC1CC(C)C(=O)N(C)C1=O. The molecular weight excluding hydrogens is 142 g/mol. The van der Waals surface area contributed by atoms with Gasteiger partial charge in [0.25, 0.3) is 0 Å². The third-order valence-electron chi connectivity index (χ3n) is 2.21. The fourth-order valence-corrected chi connectivity index (χ4v) is 1.50. The fourth-order valence-electron chi connectivity index (χ4n) is 1.50. The van der Waals surface area contributed by atoms with E-state index in [1.807, 2.05) is 13.8 Å². The van der Waals surface area contributed by atoms with Gasteiger partial charge in [0.2, 0.25) is 11.8 Å². The lowest BCUT2D eigenvalue weighted by Gasteiger charge is -2.29. The number of carbonyl (C=O) groups excluding carboxylic acids is 2. The molecule has 1 aliphatic rings. The number of imide groups is 1. The van der Waals surface area contributed by atoms with Crippen LogP contribution in [0.1, 0.15) is 20.3 Å². The van der Waals surface area contributed by atoms with E-state index in [0.29, 0.717) is 6.42 Å². The predicted molar refractivity (Wildman–Crippen MR) is 40.7 cm³/mol. The molecule has 1 aliphatic heterocycles. The summed E-state index contributed by atoms with van der Waals surface area (Å²) >= 11 is 0. The van der Waals surface area contributed by atoms with Gasteiger partial charge in [-0.2, -0.15) is 0 Å². The van der Waals surface area contributed by atoms with Crippen molar-refractivity contribution in [2.45, 2.75) is 20.3 Å². The summed E-state index contributed by atoms with van der Waals surface area (Å²) in [4.78, 5) is 23.6. The van der Waals surface area contributed by atoms with Crippen molar-refractivity contribution in [3.8, 4) is 0 Å². The van der Waals surface area contributed by atoms with Crippen molar-refractivity contribution >= 4 is 11.8 Å². The van der Waals surface area contributed by atoms with E-state index in [0.717, 1.165) is 0 Å². The van der Waals surface area contributed by atoms with Gasteiger partial charge in [-0.25, -0.2) is 0 Å². The van der Waals surface area contributed by atoms with Crippen LogP contribution in [-0.4, -0.2) is 23.8 Å². The van der Waals surface area contributed by atoms with Crippen LogP contribution in [0.25, 0.3) is 0 Å². The number of nitrogens with zero attached hydrogens (tertiary/aromatic N) is 1. The first kappa shape index (κ1) is 8.24. The molecule has 0 aliphatic carbocycles. The van der Waals surface area contributed by atoms with Gasteiger partial charge in [-0.05, 0) is 6.42 Å². The Morgan fingerprint density at radius 1 is 1.18 bits per heavy atom. The van der Waals surface area contributed by atoms with E-state index < -0.39 is 0 Å². The van der Waals surface area contributed by atoms with Crippen molar-refractivity contribution in [1.29, 1.82) is 0 Å². The highest BCUT2D eigenvalue weighted by atomic mass is 16.2. The molecule has 0 bridgehead atoms. The summed E-state index contributed by atoms with van der Waals surface area (Å²) in [5.41, 5.74) is 0. The van der Waals surface area contributed by atoms with Gasteiger partial charge in [0.15, 0.2) is 0 Å². The molecule has 1 rings (SSSR count). The molecule has 0 aromatic rings. The van der Waals surface area contributed by atoms with E-state index in [2.05, 4.69) is 0 Å². The van der Waals surface area contributed by atoms with E-state index in [1.54, 1.807) is 7.05 Å². The highest BCUT2D eigenvalue weighted by molar-refractivity contribution is 5.99. The van der Waals surface area contributed by atoms with E-state index in [9.17, 15) is 9.59 Å². The smallest absolute Gasteiger partial charge is 0.231 e. The van der Waals surface area contributed by atoms with Crippen molar-refractivity contribution in [3.05, 3.63) is 0 Å². The second-order valence-electron chi connectivity index (χ2n) is 3.27. The van der Waals surface area contributed by atoms with E-state index >= 15 is 0 Å². The molecule has 1 fully saturated rings. The molecule has 0 spiro atoms. The first-order valence-corrected chi connectivity index (χ1v) is 3.85. The predicted octanol–water partition coefficient (Wildman–Crippen LogP) is 0.647. The molecule has 0 radical (unpaired) electrons. The molecule has 3 heteroatoms. The summed E-state index contributed by atoms with van der Waals surface area (Å²) in [5.74, 6) is -0.0819. The van der Waals surface area contributed by atoms with E-state index in [1.165, 1.54) is 4.90 Å². The first-order chi connectivity index (χ1) is 5.04. The van der Waals surface area contributed by atoms with Crippen LogP contribution in [0.15, 0.2) is 0 Å². The first-order valence-electron chi connectivity index (χ1n) is 3.85. The highest BCUT2D eigenvalue weighted by Crippen LogP contribution is 2.21. The molecular formula is C8H13NO2. The molecule has 1 saturated heterocycles. The van der Waals surface area contributed by atoms with Gasteiger partial charge in [-0.3, -0.25) is 14.5 Å². The second kappa shape index (κ2) is 2.64. The molecule has 2 unspecified atom stereocenters. The minimum absolute atomic E-state index is 0.00713. The Labute approximate surface area is 66.4 Å². The molecule has 0 aromatic heterocycles. The third kappa shape index (κ3) is 1.27. The number of piperidine rings is 1. The maximum absolute atomic E-state index is 11.2. The molecule has 2 amide bonds. The minimum Gasteiger partial charge on any atom is -0.285 e. The molecule has 2 atom stereocenters.